The molecule has 3 rings (SSSR count). The van der Waals surface area contributed by atoms with Crippen LogP contribution in [0.5, 0.6) is 0 Å². The van der Waals surface area contributed by atoms with Crippen molar-refractivity contribution in [2.75, 3.05) is 14.1 Å². The summed E-state index contributed by atoms with van der Waals surface area (Å²) in [6.45, 7) is 0. The molecule has 1 N–H and O–H groups in total. The second-order valence-electron chi connectivity index (χ2n) is 6.39. The number of nitrogens with one attached hydrogen (secondary N) is 1. The average molecular weight is 295 g/mol. The molecule has 3 atom stereocenters. The van der Waals surface area contributed by atoms with Crippen LogP contribution >= 0.6 is 0 Å². The van der Waals surface area contributed by atoms with E-state index in [0.717, 1.165) is 5.69 Å². The molecule has 1 saturated carbocycles. The van der Waals surface area contributed by atoms with Crippen LogP contribution < -0.4 is 5.32 Å². The van der Waals surface area contributed by atoms with Crippen LogP contribution in [0.2, 0.25) is 0 Å². The monoisotopic (exact) mass is 295 g/mol. The Morgan fingerprint density at radius 3 is 2.45 bits per heavy atom. The van der Waals surface area contributed by atoms with E-state index in [4.69, 9.17) is 0 Å². The zero-order valence-electron chi connectivity index (χ0n) is 13.4. The van der Waals surface area contributed by atoms with Gasteiger partial charge >= 0.3 is 0 Å². The third kappa shape index (κ3) is 3.54. The van der Waals surface area contributed by atoms with E-state index < -0.39 is 0 Å². The minimum absolute atomic E-state index is 0.174. The molecule has 0 radical (unpaired) electrons. The molecule has 3 heteroatoms. The van der Waals surface area contributed by atoms with Gasteiger partial charge in [0.05, 0.1) is 11.7 Å². The molecular weight excluding hydrogens is 270 g/mol. The summed E-state index contributed by atoms with van der Waals surface area (Å²) in [5.74, 6) is 0. The summed E-state index contributed by atoms with van der Waals surface area (Å²) < 4.78 is 0. The molecule has 1 aliphatic rings. The molecule has 2 aromatic rings. The smallest absolute Gasteiger partial charge is 0.0753 e. The quantitative estimate of drug-likeness (QED) is 0.918. The van der Waals surface area contributed by atoms with Crippen molar-refractivity contribution < 1.29 is 0 Å². The van der Waals surface area contributed by atoms with Crippen LogP contribution in [0.1, 0.15) is 36.6 Å². The Hall–Kier alpha value is -1.71. The lowest BCUT2D eigenvalue weighted by atomic mass is 10.0. The van der Waals surface area contributed by atoms with Crippen molar-refractivity contribution in [3.63, 3.8) is 0 Å². The molecule has 116 valence electrons. The van der Waals surface area contributed by atoms with Crippen molar-refractivity contribution >= 4 is 0 Å². The van der Waals surface area contributed by atoms with Crippen LogP contribution in [0.25, 0.3) is 0 Å². The molecule has 0 unspecified atom stereocenters. The Labute approximate surface area is 133 Å². The molecule has 0 aliphatic heterocycles. The fourth-order valence-electron chi connectivity index (χ4n) is 3.36. The van der Waals surface area contributed by atoms with Crippen LogP contribution in [0.3, 0.4) is 0 Å². The van der Waals surface area contributed by atoms with E-state index in [1.807, 2.05) is 12.3 Å². The van der Waals surface area contributed by atoms with Crippen molar-refractivity contribution in [2.45, 2.75) is 37.4 Å². The second kappa shape index (κ2) is 7.03. The number of rotatable bonds is 5. The SMILES string of the molecule is CN(C)[C@@H]1CC[C@@H](N[C@@H](c2ccccc2)c2ccccn2)C1. The zero-order valence-corrected chi connectivity index (χ0v) is 13.4. The lowest BCUT2D eigenvalue weighted by Gasteiger charge is -2.24. The number of nitrogens with zero attached hydrogens (tertiary/aromatic N) is 2. The molecule has 0 saturated heterocycles. The van der Waals surface area contributed by atoms with Crippen molar-refractivity contribution in [2.24, 2.45) is 0 Å². The van der Waals surface area contributed by atoms with Gasteiger partial charge in [-0.15, -0.1) is 0 Å². The van der Waals surface area contributed by atoms with Gasteiger partial charge in [0.2, 0.25) is 0 Å². The number of pyridine rings is 1. The zero-order chi connectivity index (χ0) is 15.4. The first-order valence-electron chi connectivity index (χ1n) is 8.12. The van der Waals surface area contributed by atoms with Gasteiger partial charge in [0, 0.05) is 18.3 Å². The summed E-state index contributed by atoms with van der Waals surface area (Å²) in [6, 6.07) is 18.2. The Kier molecular flexibility index (Phi) is 4.86. The molecule has 1 fully saturated rings. The fraction of sp³-hybridized carbons (Fsp3) is 0.421. The third-order valence-corrected chi connectivity index (χ3v) is 4.65. The number of hydrogen-bond acceptors (Lipinski definition) is 3. The maximum atomic E-state index is 4.58. The van der Waals surface area contributed by atoms with Gasteiger partial charge in [0.15, 0.2) is 0 Å². The van der Waals surface area contributed by atoms with Gasteiger partial charge in [0.1, 0.15) is 0 Å². The molecule has 1 aromatic heterocycles. The maximum Gasteiger partial charge on any atom is 0.0753 e. The predicted octanol–water partition coefficient (Wildman–Crippen LogP) is 3.24. The van der Waals surface area contributed by atoms with Crippen LogP contribution in [0.15, 0.2) is 54.7 Å². The lowest BCUT2D eigenvalue weighted by molar-refractivity contribution is 0.291. The van der Waals surface area contributed by atoms with Crippen molar-refractivity contribution in [1.82, 2.24) is 15.2 Å². The van der Waals surface area contributed by atoms with E-state index >= 15 is 0 Å². The van der Waals surface area contributed by atoms with Crippen molar-refractivity contribution in [1.29, 1.82) is 0 Å². The van der Waals surface area contributed by atoms with Gasteiger partial charge in [-0.1, -0.05) is 36.4 Å². The molecule has 1 aromatic carbocycles. The molecule has 1 heterocycles. The van der Waals surface area contributed by atoms with Gasteiger partial charge in [-0.05, 0) is 51.1 Å². The van der Waals surface area contributed by atoms with Gasteiger partial charge in [0.25, 0.3) is 0 Å². The Balaban J connectivity index is 1.78. The largest absolute Gasteiger partial charge is 0.306 e. The summed E-state index contributed by atoms with van der Waals surface area (Å²) in [7, 11) is 4.36. The highest BCUT2D eigenvalue weighted by Crippen LogP contribution is 2.27. The van der Waals surface area contributed by atoms with E-state index in [2.05, 4.69) is 71.8 Å². The molecule has 3 nitrogen and oxygen atoms in total. The van der Waals surface area contributed by atoms with Crippen LogP contribution in [0.4, 0.5) is 0 Å². The molecular formula is C19H25N3. The number of hydrogen-bond donors (Lipinski definition) is 1. The van der Waals surface area contributed by atoms with Gasteiger partial charge < -0.3 is 10.2 Å². The Bertz CT molecular complexity index is 528. The summed E-state index contributed by atoms with van der Waals surface area (Å²) in [5.41, 5.74) is 2.39. The fourth-order valence-corrected chi connectivity index (χ4v) is 3.36. The molecule has 0 amide bonds. The van der Waals surface area contributed by atoms with E-state index in [0.29, 0.717) is 12.1 Å². The first-order valence-corrected chi connectivity index (χ1v) is 8.12. The van der Waals surface area contributed by atoms with Gasteiger partial charge in [-0.2, -0.15) is 0 Å². The Morgan fingerprint density at radius 2 is 1.82 bits per heavy atom. The van der Waals surface area contributed by atoms with E-state index in [9.17, 15) is 0 Å². The Morgan fingerprint density at radius 1 is 1.05 bits per heavy atom. The molecule has 0 spiro atoms. The minimum Gasteiger partial charge on any atom is -0.306 e. The van der Waals surface area contributed by atoms with Crippen LogP contribution in [-0.4, -0.2) is 36.1 Å². The summed E-state index contributed by atoms with van der Waals surface area (Å²) in [4.78, 5) is 6.93. The van der Waals surface area contributed by atoms with E-state index in [1.165, 1.54) is 24.8 Å². The highest BCUT2D eigenvalue weighted by atomic mass is 15.1. The van der Waals surface area contributed by atoms with Crippen LogP contribution in [0, 0.1) is 0 Å². The van der Waals surface area contributed by atoms with Crippen molar-refractivity contribution in [3.05, 3.63) is 66.0 Å². The topological polar surface area (TPSA) is 28.2 Å². The van der Waals surface area contributed by atoms with Crippen molar-refractivity contribution in [3.8, 4) is 0 Å². The second-order valence-corrected chi connectivity index (χ2v) is 6.39. The highest BCUT2D eigenvalue weighted by molar-refractivity contribution is 5.27. The van der Waals surface area contributed by atoms with Gasteiger partial charge in [-0.3, -0.25) is 4.98 Å². The first kappa shape index (κ1) is 15.2. The molecule has 0 bridgehead atoms. The molecule has 1 aliphatic carbocycles. The summed E-state index contributed by atoms with van der Waals surface area (Å²) >= 11 is 0. The van der Waals surface area contributed by atoms with Gasteiger partial charge in [-0.25, -0.2) is 0 Å². The summed E-state index contributed by atoms with van der Waals surface area (Å²) in [5, 5.41) is 3.84. The standard InChI is InChI=1S/C19H25N3/c1-22(2)17-12-11-16(14-17)21-19(15-8-4-3-5-9-15)18-10-6-7-13-20-18/h3-10,13,16-17,19,21H,11-12,14H2,1-2H3/t16-,17-,19+/m1/s1. The van der Waals surface area contributed by atoms with Crippen LogP contribution in [-0.2, 0) is 0 Å². The van der Waals surface area contributed by atoms with E-state index in [-0.39, 0.29) is 6.04 Å². The third-order valence-electron chi connectivity index (χ3n) is 4.65. The highest BCUT2D eigenvalue weighted by Gasteiger charge is 2.28. The number of aromatic nitrogens is 1. The molecule has 22 heavy (non-hydrogen) atoms. The predicted molar refractivity (Wildman–Crippen MR) is 90.8 cm³/mol. The lowest BCUT2D eigenvalue weighted by Crippen LogP contribution is -2.34. The minimum atomic E-state index is 0.174. The normalized spacial score (nSPS) is 22.9. The summed E-state index contributed by atoms with van der Waals surface area (Å²) in [6.07, 6.45) is 5.60. The number of benzene rings is 1. The first-order chi connectivity index (χ1) is 10.7. The van der Waals surface area contributed by atoms with E-state index in [1.54, 1.807) is 0 Å². The average Bonchev–Trinajstić information content (AvgIpc) is 3.03. The maximum absolute atomic E-state index is 4.58.